The fourth-order valence-corrected chi connectivity index (χ4v) is 2.11. The van der Waals surface area contributed by atoms with Gasteiger partial charge in [-0.2, -0.15) is 0 Å². The molecule has 1 aromatic carbocycles. The molecule has 2 heterocycles. The van der Waals surface area contributed by atoms with E-state index in [0.717, 1.165) is 17.0 Å². The predicted octanol–water partition coefficient (Wildman–Crippen LogP) is 1.02. The molecule has 0 spiro atoms. The Labute approximate surface area is 92.7 Å². The van der Waals surface area contributed by atoms with E-state index in [-0.39, 0.29) is 18.7 Å². The highest BCUT2D eigenvalue weighted by molar-refractivity contribution is 5.95. The van der Waals surface area contributed by atoms with E-state index < -0.39 is 0 Å². The zero-order valence-electron chi connectivity index (χ0n) is 8.87. The highest BCUT2D eigenvalue weighted by atomic mass is 16.7. The molecule has 1 aromatic rings. The predicted molar refractivity (Wildman–Crippen MR) is 57.6 cm³/mol. The first kappa shape index (κ1) is 9.47. The van der Waals surface area contributed by atoms with E-state index in [1.165, 1.54) is 0 Å². The topological polar surface area (TPSA) is 59.6 Å². The van der Waals surface area contributed by atoms with Crippen LogP contribution in [-0.4, -0.2) is 19.7 Å². The van der Waals surface area contributed by atoms with Crippen molar-refractivity contribution in [2.75, 3.05) is 19.2 Å². The third-order valence-electron chi connectivity index (χ3n) is 2.93. The Balaban J connectivity index is 2.10. The van der Waals surface area contributed by atoms with Crippen LogP contribution >= 0.6 is 0 Å². The molecule has 2 aliphatic rings. The van der Waals surface area contributed by atoms with Gasteiger partial charge in [0.25, 0.3) is 0 Å². The van der Waals surface area contributed by atoms with Gasteiger partial charge in [-0.3, -0.25) is 4.79 Å². The number of fused-ring (bicyclic) bond motifs is 2. The van der Waals surface area contributed by atoms with Gasteiger partial charge in [0.05, 0.1) is 0 Å². The lowest BCUT2D eigenvalue weighted by Crippen LogP contribution is -2.29. The van der Waals surface area contributed by atoms with E-state index >= 15 is 0 Å². The van der Waals surface area contributed by atoms with Gasteiger partial charge in [0.2, 0.25) is 12.7 Å². The summed E-state index contributed by atoms with van der Waals surface area (Å²) in [6.07, 6.45) is 0.448. The third-order valence-corrected chi connectivity index (χ3v) is 2.93. The van der Waals surface area contributed by atoms with Crippen LogP contribution in [0.3, 0.4) is 0 Å². The van der Waals surface area contributed by atoms with Crippen LogP contribution in [0.1, 0.15) is 18.0 Å². The second kappa shape index (κ2) is 3.38. The lowest BCUT2D eigenvalue weighted by molar-refractivity contribution is -0.117. The van der Waals surface area contributed by atoms with Crippen molar-refractivity contribution in [1.82, 2.24) is 5.32 Å². The van der Waals surface area contributed by atoms with Crippen LogP contribution in [0.25, 0.3) is 0 Å². The van der Waals surface area contributed by atoms with E-state index in [1.54, 1.807) is 0 Å². The van der Waals surface area contributed by atoms with E-state index in [1.807, 2.05) is 19.2 Å². The number of hydrogen-bond acceptors (Lipinski definition) is 4. The van der Waals surface area contributed by atoms with E-state index in [9.17, 15) is 4.79 Å². The molecule has 2 N–H and O–H groups in total. The summed E-state index contributed by atoms with van der Waals surface area (Å²) in [6, 6.07) is 3.79. The Bertz CT molecular complexity index is 459. The van der Waals surface area contributed by atoms with Gasteiger partial charge in [-0.15, -0.1) is 0 Å². The van der Waals surface area contributed by atoms with Crippen molar-refractivity contribution in [1.29, 1.82) is 0 Å². The van der Waals surface area contributed by atoms with Gasteiger partial charge < -0.3 is 20.1 Å². The molecule has 1 amide bonds. The number of amides is 1. The maximum atomic E-state index is 11.5. The SMILES string of the molecule is CNC1CC(=O)Nc2cc3c(cc21)OCO3. The molecule has 0 bridgehead atoms. The summed E-state index contributed by atoms with van der Waals surface area (Å²) in [4.78, 5) is 11.5. The minimum atomic E-state index is 0.0192. The van der Waals surface area contributed by atoms with E-state index in [4.69, 9.17) is 9.47 Å². The van der Waals surface area contributed by atoms with Gasteiger partial charge in [-0.25, -0.2) is 0 Å². The molecule has 5 nitrogen and oxygen atoms in total. The number of rotatable bonds is 1. The molecule has 2 aliphatic heterocycles. The minimum absolute atomic E-state index is 0.0192. The number of ether oxygens (including phenoxy) is 2. The number of nitrogens with one attached hydrogen (secondary N) is 2. The van der Waals surface area contributed by atoms with Crippen LogP contribution < -0.4 is 20.1 Å². The van der Waals surface area contributed by atoms with Crippen LogP contribution in [0.2, 0.25) is 0 Å². The second-order valence-electron chi connectivity index (χ2n) is 3.89. The first-order chi connectivity index (χ1) is 7.78. The first-order valence-electron chi connectivity index (χ1n) is 5.18. The maximum absolute atomic E-state index is 11.5. The average molecular weight is 220 g/mol. The standard InChI is InChI=1S/C11H12N2O3/c1-12-7-4-11(14)13-8-3-10-9(2-6(7)8)15-5-16-10/h2-3,7,12H,4-5H2,1H3,(H,13,14). The molecule has 84 valence electrons. The lowest BCUT2D eigenvalue weighted by atomic mass is 9.97. The molecular formula is C11H12N2O3. The molecule has 5 heteroatoms. The fraction of sp³-hybridized carbons (Fsp3) is 0.364. The fourth-order valence-electron chi connectivity index (χ4n) is 2.11. The number of carbonyl (C=O) groups excluding carboxylic acids is 1. The average Bonchev–Trinajstić information content (AvgIpc) is 2.72. The monoisotopic (exact) mass is 220 g/mol. The normalized spacial score (nSPS) is 21.6. The van der Waals surface area contributed by atoms with Gasteiger partial charge >= 0.3 is 0 Å². The summed E-state index contributed by atoms with van der Waals surface area (Å²) in [5.41, 5.74) is 1.85. The Kier molecular flexibility index (Phi) is 2.00. The zero-order chi connectivity index (χ0) is 11.1. The number of hydrogen-bond donors (Lipinski definition) is 2. The molecule has 1 atom stereocenters. The second-order valence-corrected chi connectivity index (χ2v) is 3.89. The molecule has 0 radical (unpaired) electrons. The molecular weight excluding hydrogens is 208 g/mol. The lowest BCUT2D eigenvalue weighted by Gasteiger charge is -2.25. The molecule has 1 unspecified atom stereocenters. The Morgan fingerprint density at radius 2 is 2.12 bits per heavy atom. The van der Waals surface area contributed by atoms with Crippen LogP contribution in [0.15, 0.2) is 12.1 Å². The molecule has 0 aromatic heterocycles. The summed E-state index contributed by atoms with van der Waals surface area (Å²) in [7, 11) is 1.84. The highest BCUT2D eigenvalue weighted by Gasteiger charge is 2.27. The van der Waals surface area contributed by atoms with Gasteiger partial charge in [0, 0.05) is 24.2 Å². The van der Waals surface area contributed by atoms with Gasteiger partial charge in [-0.1, -0.05) is 0 Å². The first-order valence-corrected chi connectivity index (χ1v) is 5.18. The third kappa shape index (κ3) is 1.32. The van der Waals surface area contributed by atoms with Gasteiger partial charge in [0.15, 0.2) is 11.5 Å². The van der Waals surface area contributed by atoms with Crippen LogP contribution in [0.5, 0.6) is 11.5 Å². The summed E-state index contributed by atoms with van der Waals surface area (Å²) < 4.78 is 10.6. The van der Waals surface area contributed by atoms with Crippen molar-refractivity contribution in [3.63, 3.8) is 0 Å². The van der Waals surface area contributed by atoms with Crippen molar-refractivity contribution in [3.05, 3.63) is 17.7 Å². The number of anilines is 1. The van der Waals surface area contributed by atoms with Crippen LogP contribution in [0.4, 0.5) is 5.69 Å². The van der Waals surface area contributed by atoms with Crippen molar-refractivity contribution in [2.45, 2.75) is 12.5 Å². The van der Waals surface area contributed by atoms with Crippen molar-refractivity contribution >= 4 is 11.6 Å². The van der Waals surface area contributed by atoms with Crippen LogP contribution in [-0.2, 0) is 4.79 Å². The van der Waals surface area contributed by atoms with E-state index in [0.29, 0.717) is 12.2 Å². The molecule has 3 rings (SSSR count). The molecule has 0 fully saturated rings. The summed E-state index contributed by atoms with van der Waals surface area (Å²) in [5, 5.41) is 5.96. The number of benzene rings is 1. The van der Waals surface area contributed by atoms with Crippen molar-refractivity contribution in [3.8, 4) is 11.5 Å². The van der Waals surface area contributed by atoms with Gasteiger partial charge in [-0.05, 0) is 18.7 Å². The smallest absolute Gasteiger partial charge is 0.231 e. The van der Waals surface area contributed by atoms with Gasteiger partial charge in [0.1, 0.15) is 0 Å². The Morgan fingerprint density at radius 1 is 1.38 bits per heavy atom. The molecule has 0 saturated heterocycles. The van der Waals surface area contributed by atoms with Crippen LogP contribution in [0, 0.1) is 0 Å². The quantitative estimate of drug-likeness (QED) is 0.741. The summed E-state index contributed by atoms with van der Waals surface area (Å²) in [6.45, 7) is 0.246. The molecule has 16 heavy (non-hydrogen) atoms. The van der Waals surface area contributed by atoms with Crippen molar-refractivity contribution in [2.24, 2.45) is 0 Å². The largest absolute Gasteiger partial charge is 0.454 e. The molecule has 0 aliphatic carbocycles. The zero-order valence-corrected chi connectivity index (χ0v) is 8.87. The number of carbonyl (C=O) groups is 1. The highest BCUT2D eigenvalue weighted by Crippen LogP contribution is 2.41. The van der Waals surface area contributed by atoms with Crippen molar-refractivity contribution < 1.29 is 14.3 Å². The minimum Gasteiger partial charge on any atom is -0.454 e. The molecule has 0 saturated carbocycles. The Morgan fingerprint density at radius 3 is 2.88 bits per heavy atom. The summed E-state index contributed by atoms with van der Waals surface area (Å²) >= 11 is 0. The maximum Gasteiger partial charge on any atom is 0.231 e. The summed E-state index contributed by atoms with van der Waals surface area (Å²) in [5.74, 6) is 1.46. The van der Waals surface area contributed by atoms with E-state index in [2.05, 4.69) is 10.6 Å². The Hall–Kier alpha value is -1.75.